The maximum atomic E-state index is 13.1. The molecule has 206 valence electrons. The van der Waals surface area contributed by atoms with Crippen molar-refractivity contribution in [1.29, 1.82) is 0 Å². The number of rotatable bonds is 11. The quantitative estimate of drug-likeness (QED) is 0.221. The third-order valence-electron chi connectivity index (χ3n) is 6.91. The maximum Gasteiger partial charge on any atom is 0.315 e. The van der Waals surface area contributed by atoms with Crippen molar-refractivity contribution in [3.8, 4) is 17.2 Å². The number of nitrogens with one attached hydrogen (secondary N) is 2. The van der Waals surface area contributed by atoms with Gasteiger partial charge < -0.3 is 29.4 Å². The Bertz CT molecular complexity index is 1550. The first-order chi connectivity index (χ1) is 19.4. The van der Waals surface area contributed by atoms with Crippen molar-refractivity contribution < 1.29 is 28.6 Å². The molecule has 4 aromatic rings. The molecule has 1 aliphatic heterocycles. The smallest absolute Gasteiger partial charge is 0.315 e. The predicted octanol–water partition coefficient (Wildman–Crippen LogP) is 3.79. The van der Waals surface area contributed by atoms with E-state index in [0.29, 0.717) is 30.2 Å². The number of aromatic nitrogens is 1. The number of methoxy groups -OCH3 is 1. The third-order valence-corrected chi connectivity index (χ3v) is 6.91. The summed E-state index contributed by atoms with van der Waals surface area (Å²) in [6.45, 7) is 1.93. The minimum Gasteiger partial charge on any atom is -0.496 e. The molecule has 9 heteroatoms. The largest absolute Gasteiger partial charge is 0.496 e. The summed E-state index contributed by atoms with van der Waals surface area (Å²) in [6.07, 6.45) is 2.62. The second-order valence-corrected chi connectivity index (χ2v) is 9.75. The molecule has 0 saturated carbocycles. The van der Waals surface area contributed by atoms with Crippen molar-refractivity contribution in [2.24, 2.45) is 0 Å². The number of fused-ring (bicyclic) bond motifs is 2. The number of para-hydroxylation sites is 2. The number of amides is 2. The van der Waals surface area contributed by atoms with Gasteiger partial charge in [0.2, 0.25) is 5.91 Å². The molecule has 0 aliphatic carbocycles. The SMILES string of the molecule is COc1ccccc1CN(CC(Cc1c[nH]c2ccccc12)NC(=O)COc1ccc2c(c1)CC(=O)O2)C(C)=O. The Hall–Kier alpha value is -4.79. The normalized spacial score (nSPS) is 12.9. The van der Waals surface area contributed by atoms with Crippen LogP contribution in [0, 0.1) is 0 Å². The number of benzene rings is 3. The summed E-state index contributed by atoms with van der Waals surface area (Å²) in [5.74, 6) is 0.935. The molecular formula is C31H31N3O6. The first-order valence-electron chi connectivity index (χ1n) is 13.1. The van der Waals surface area contributed by atoms with Crippen molar-refractivity contribution in [2.45, 2.75) is 32.4 Å². The molecule has 2 N–H and O–H groups in total. The molecule has 2 amide bonds. The molecule has 0 fully saturated rings. The van der Waals surface area contributed by atoms with E-state index in [1.807, 2.05) is 54.7 Å². The number of hydrogen-bond donors (Lipinski definition) is 2. The molecule has 2 heterocycles. The van der Waals surface area contributed by atoms with Crippen molar-refractivity contribution in [3.63, 3.8) is 0 Å². The van der Waals surface area contributed by atoms with E-state index in [4.69, 9.17) is 14.2 Å². The number of nitrogens with zero attached hydrogens (tertiary/aromatic N) is 1. The van der Waals surface area contributed by atoms with Crippen molar-refractivity contribution in [2.75, 3.05) is 20.3 Å². The van der Waals surface area contributed by atoms with Gasteiger partial charge in [0.05, 0.1) is 19.6 Å². The Morgan fingerprint density at radius 1 is 1.07 bits per heavy atom. The number of carbonyl (C=O) groups excluding carboxylic acids is 3. The van der Waals surface area contributed by atoms with E-state index < -0.39 is 0 Å². The van der Waals surface area contributed by atoms with Gasteiger partial charge in [0, 0.05) is 48.2 Å². The average Bonchev–Trinajstić information content (AvgIpc) is 3.53. The third kappa shape index (κ3) is 6.26. The Labute approximate surface area is 232 Å². The predicted molar refractivity (Wildman–Crippen MR) is 149 cm³/mol. The number of aromatic amines is 1. The van der Waals surface area contributed by atoms with Crippen molar-refractivity contribution in [3.05, 3.63) is 89.6 Å². The summed E-state index contributed by atoms with van der Waals surface area (Å²) < 4.78 is 16.3. The fraction of sp³-hybridized carbons (Fsp3) is 0.258. The fourth-order valence-electron chi connectivity index (χ4n) is 4.95. The van der Waals surface area contributed by atoms with Gasteiger partial charge in [0.1, 0.15) is 17.2 Å². The summed E-state index contributed by atoms with van der Waals surface area (Å²) in [6, 6.07) is 20.2. The van der Waals surface area contributed by atoms with Crippen LogP contribution in [0.1, 0.15) is 23.6 Å². The van der Waals surface area contributed by atoms with E-state index in [9.17, 15) is 14.4 Å². The summed E-state index contributed by atoms with van der Waals surface area (Å²) in [7, 11) is 1.60. The van der Waals surface area contributed by atoms with Gasteiger partial charge in [-0.2, -0.15) is 0 Å². The first kappa shape index (κ1) is 26.8. The highest BCUT2D eigenvalue weighted by molar-refractivity contribution is 5.84. The van der Waals surface area contributed by atoms with Crippen molar-refractivity contribution in [1.82, 2.24) is 15.2 Å². The van der Waals surface area contributed by atoms with Crippen LogP contribution in [0.15, 0.2) is 72.9 Å². The number of hydrogen-bond acceptors (Lipinski definition) is 6. The monoisotopic (exact) mass is 541 g/mol. The molecule has 9 nitrogen and oxygen atoms in total. The lowest BCUT2D eigenvalue weighted by Crippen LogP contribution is -2.47. The van der Waals surface area contributed by atoms with Gasteiger partial charge in [-0.25, -0.2) is 0 Å². The molecular weight excluding hydrogens is 510 g/mol. The summed E-state index contributed by atoms with van der Waals surface area (Å²) >= 11 is 0. The molecule has 0 spiro atoms. The fourth-order valence-corrected chi connectivity index (χ4v) is 4.95. The minimum atomic E-state index is -0.389. The number of carbonyl (C=O) groups is 3. The standard InChI is InChI=1S/C31H31N3O6/c1-20(35)34(17-21-7-3-6-10-28(21)38-2)18-24(13-23-16-32-27-9-5-4-8-26(23)27)33-30(36)19-39-25-11-12-29-22(14-25)15-31(37)40-29/h3-12,14,16,24,32H,13,15,17-19H2,1-2H3,(H,33,36). The zero-order valence-corrected chi connectivity index (χ0v) is 22.4. The highest BCUT2D eigenvalue weighted by Crippen LogP contribution is 2.29. The van der Waals surface area contributed by atoms with Crippen LogP contribution in [0.5, 0.6) is 17.2 Å². The van der Waals surface area contributed by atoms with E-state index in [1.165, 1.54) is 6.92 Å². The molecule has 1 atom stereocenters. The Balaban J connectivity index is 1.31. The van der Waals surface area contributed by atoms with E-state index >= 15 is 0 Å². The van der Waals surface area contributed by atoms with Gasteiger partial charge in [-0.3, -0.25) is 14.4 Å². The van der Waals surface area contributed by atoms with Gasteiger partial charge in [0.15, 0.2) is 6.61 Å². The lowest BCUT2D eigenvalue weighted by atomic mass is 10.0. The summed E-state index contributed by atoms with van der Waals surface area (Å²) in [5, 5.41) is 4.13. The Morgan fingerprint density at radius 3 is 2.70 bits per heavy atom. The highest BCUT2D eigenvalue weighted by Gasteiger charge is 2.23. The van der Waals surface area contributed by atoms with Crippen LogP contribution in [0.25, 0.3) is 10.9 Å². The average molecular weight is 542 g/mol. The molecule has 0 bridgehead atoms. The molecule has 0 saturated heterocycles. The van der Waals surface area contributed by atoms with Crippen LogP contribution in [-0.2, 0) is 33.8 Å². The van der Waals surface area contributed by atoms with Gasteiger partial charge in [-0.1, -0.05) is 36.4 Å². The van der Waals surface area contributed by atoms with Crippen LogP contribution >= 0.6 is 0 Å². The number of H-pyrrole nitrogens is 1. The van der Waals surface area contributed by atoms with E-state index in [0.717, 1.165) is 27.6 Å². The Kier molecular flexibility index (Phi) is 8.00. The molecule has 3 aromatic carbocycles. The van der Waals surface area contributed by atoms with Gasteiger partial charge in [-0.05, 0) is 42.3 Å². The molecule has 0 radical (unpaired) electrons. The maximum absolute atomic E-state index is 13.1. The van der Waals surface area contributed by atoms with Gasteiger partial charge >= 0.3 is 5.97 Å². The Morgan fingerprint density at radius 2 is 1.88 bits per heavy atom. The van der Waals surface area contributed by atoms with Crippen LogP contribution in [0.4, 0.5) is 0 Å². The number of esters is 1. The van der Waals surface area contributed by atoms with Gasteiger partial charge in [0.25, 0.3) is 5.91 Å². The summed E-state index contributed by atoms with van der Waals surface area (Å²) in [5.41, 5.74) is 3.64. The molecule has 1 unspecified atom stereocenters. The minimum absolute atomic E-state index is 0.116. The van der Waals surface area contributed by atoms with Gasteiger partial charge in [-0.15, -0.1) is 0 Å². The van der Waals surface area contributed by atoms with E-state index in [1.54, 1.807) is 30.2 Å². The van der Waals surface area contributed by atoms with Crippen molar-refractivity contribution >= 4 is 28.7 Å². The second kappa shape index (κ2) is 11.9. The highest BCUT2D eigenvalue weighted by atomic mass is 16.5. The van der Waals surface area contributed by atoms with Crippen LogP contribution < -0.4 is 19.5 Å². The second-order valence-electron chi connectivity index (χ2n) is 9.75. The lowest BCUT2D eigenvalue weighted by Gasteiger charge is -2.28. The van der Waals surface area contributed by atoms with Crippen LogP contribution in [0.3, 0.4) is 0 Å². The zero-order valence-electron chi connectivity index (χ0n) is 22.4. The molecule has 5 rings (SSSR count). The zero-order chi connectivity index (χ0) is 28.1. The topological polar surface area (TPSA) is 110 Å². The van der Waals surface area contributed by atoms with Crippen LogP contribution in [0.2, 0.25) is 0 Å². The van der Waals surface area contributed by atoms with E-state index in [-0.39, 0.29) is 43.4 Å². The van der Waals surface area contributed by atoms with Crippen LogP contribution in [-0.4, -0.2) is 54.0 Å². The molecule has 40 heavy (non-hydrogen) atoms. The first-order valence-corrected chi connectivity index (χ1v) is 13.1. The molecule has 1 aliphatic rings. The number of ether oxygens (including phenoxy) is 3. The summed E-state index contributed by atoms with van der Waals surface area (Å²) in [4.78, 5) is 42.3. The van der Waals surface area contributed by atoms with E-state index in [2.05, 4.69) is 10.3 Å². The molecule has 1 aromatic heterocycles. The lowest BCUT2D eigenvalue weighted by molar-refractivity contribution is -0.132.